The van der Waals surface area contributed by atoms with Gasteiger partial charge in [0, 0.05) is 63.9 Å². The number of likely N-dealkylation sites (tertiary alicyclic amines) is 2. The van der Waals surface area contributed by atoms with Crippen LogP contribution in [0.3, 0.4) is 0 Å². The number of nitrogens with zero attached hydrogens (tertiary/aromatic N) is 9. The van der Waals surface area contributed by atoms with Crippen LogP contribution in [0.25, 0.3) is 32.7 Å². The minimum absolute atomic E-state index is 0.0708. The van der Waals surface area contributed by atoms with Crippen molar-refractivity contribution >= 4 is 45.8 Å². The molecule has 68 heavy (non-hydrogen) atoms. The monoisotopic (exact) mass is 947 g/mol. The van der Waals surface area contributed by atoms with Crippen LogP contribution in [0.15, 0.2) is 64.6 Å². The van der Waals surface area contributed by atoms with Gasteiger partial charge in [-0.1, -0.05) is 56.3 Å². The van der Waals surface area contributed by atoms with Crippen molar-refractivity contribution in [3.8, 4) is 27.4 Å². The van der Waals surface area contributed by atoms with Gasteiger partial charge in [-0.2, -0.15) is 5.10 Å². The molecular weight excluding hydrogens is 886 g/mol. The molecule has 4 atom stereocenters. The number of benzene rings is 2. The third kappa shape index (κ3) is 9.81. The maximum Gasteiger partial charge on any atom is 0.243 e. The average molecular weight is 948 g/mol. The zero-order chi connectivity index (χ0) is 47.6. The summed E-state index contributed by atoms with van der Waals surface area (Å²) in [6.45, 7) is 15.2. The molecule has 0 bridgehead atoms. The van der Waals surface area contributed by atoms with Gasteiger partial charge in [-0.05, 0) is 87.1 Å². The molecular formula is C50H62FN11O5S. The number of aryl methyl sites for hydroxylation is 1. The van der Waals surface area contributed by atoms with Crippen molar-refractivity contribution in [2.24, 2.45) is 11.8 Å². The van der Waals surface area contributed by atoms with Crippen molar-refractivity contribution in [1.29, 1.82) is 0 Å². The zero-order valence-electron chi connectivity index (χ0n) is 39.4. The number of rotatable bonds is 15. The Morgan fingerprint density at radius 1 is 1.00 bits per heavy atom. The van der Waals surface area contributed by atoms with Crippen LogP contribution in [0.5, 0.6) is 5.75 Å². The summed E-state index contributed by atoms with van der Waals surface area (Å²) in [5, 5.41) is 46.0. The highest BCUT2D eigenvalue weighted by atomic mass is 32.1. The van der Waals surface area contributed by atoms with E-state index in [2.05, 4.69) is 47.7 Å². The van der Waals surface area contributed by atoms with Gasteiger partial charge in [-0.3, -0.25) is 14.3 Å². The summed E-state index contributed by atoms with van der Waals surface area (Å²) < 4.78 is 22.3. The van der Waals surface area contributed by atoms with Gasteiger partial charge in [-0.25, -0.2) is 9.37 Å². The standard InChI is InChI=1S/C50H62FN11O5S/c1-6-18-52-48-45-40(24-39(55-56-45)37-8-7-9-38(51)46(37)64)62(57-48)35-16-19-59(20-17-35)26-32-14-21-60(22-15-32)43-25-42(67-58-43)44(29(2)3)50(66)61-27-36(63)23-41(61)49(65)54-30(4)33-10-12-34(13-11-33)47-31(5)53-28-68-47/h7-13,24-25,28-30,32,35-36,41,44,63-64H,6,14-23,26-27H2,1-5H3,(H,52,57)(H,54,65)/t30-,36+,41-,44?/m0/s1. The van der Waals surface area contributed by atoms with Gasteiger partial charge < -0.3 is 40.1 Å². The molecule has 3 saturated heterocycles. The summed E-state index contributed by atoms with van der Waals surface area (Å²) in [6, 6.07) is 15.2. The normalized spacial score (nSPS) is 19.5. The van der Waals surface area contributed by atoms with Crippen molar-refractivity contribution in [3.05, 3.63) is 82.9 Å². The lowest BCUT2D eigenvalue weighted by molar-refractivity contribution is -0.141. The number of hydrogen-bond acceptors (Lipinski definition) is 14. The third-order valence-corrected chi connectivity index (χ3v) is 15.0. The second kappa shape index (κ2) is 20.3. The number of fused-ring (bicyclic) bond motifs is 1. The Bertz CT molecular complexity index is 2710. The van der Waals surface area contributed by atoms with Crippen LogP contribution in [0, 0.1) is 24.6 Å². The first-order valence-corrected chi connectivity index (χ1v) is 25.0. The van der Waals surface area contributed by atoms with Gasteiger partial charge in [-0.15, -0.1) is 21.5 Å². The topological polar surface area (TPSA) is 191 Å². The number of amides is 2. The van der Waals surface area contributed by atoms with Crippen LogP contribution in [0.2, 0.25) is 0 Å². The average Bonchev–Trinajstić information content (AvgIpc) is 4.16. The van der Waals surface area contributed by atoms with Gasteiger partial charge >= 0.3 is 0 Å². The number of aliphatic hydroxyl groups is 1. The molecule has 3 aliphatic rings. The molecule has 7 heterocycles. The molecule has 0 aliphatic carbocycles. The first kappa shape index (κ1) is 47.1. The Kier molecular flexibility index (Phi) is 14.1. The summed E-state index contributed by atoms with van der Waals surface area (Å²) >= 11 is 1.59. The van der Waals surface area contributed by atoms with E-state index >= 15 is 0 Å². The fraction of sp³-hybridized carbons (Fsp3) is 0.500. The van der Waals surface area contributed by atoms with E-state index in [1.54, 1.807) is 23.5 Å². The van der Waals surface area contributed by atoms with Crippen LogP contribution in [0.4, 0.5) is 16.0 Å². The Hall–Kier alpha value is -5.98. The molecule has 3 aliphatic heterocycles. The van der Waals surface area contributed by atoms with Crippen LogP contribution >= 0.6 is 11.3 Å². The van der Waals surface area contributed by atoms with Crippen molar-refractivity contribution in [1.82, 2.24) is 45.2 Å². The number of nitrogens with one attached hydrogen (secondary N) is 2. The predicted octanol–water partition coefficient (Wildman–Crippen LogP) is 7.71. The highest BCUT2D eigenvalue weighted by Crippen LogP contribution is 2.37. The number of aliphatic hydroxyl groups excluding tert-OH is 1. The van der Waals surface area contributed by atoms with Crippen molar-refractivity contribution < 1.29 is 28.7 Å². The number of aromatic nitrogens is 6. The highest BCUT2D eigenvalue weighted by molar-refractivity contribution is 7.13. The number of hydrogen-bond donors (Lipinski definition) is 4. The summed E-state index contributed by atoms with van der Waals surface area (Å²) in [5.74, 6) is -0.158. The molecule has 2 aromatic carbocycles. The third-order valence-electron chi connectivity index (χ3n) is 14.0. The van der Waals surface area contributed by atoms with Crippen molar-refractivity contribution in [2.45, 2.75) is 103 Å². The Morgan fingerprint density at radius 2 is 1.76 bits per heavy atom. The minimum Gasteiger partial charge on any atom is -0.504 e. The van der Waals surface area contributed by atoms with E-state index in [0.29, 0.717) is 34.5 Å². The van der Waals surface area contributed by atoms with E-state index in [1.807, 2.05) is 74.3 Å². The number of halogens is 1. The van der Waals surface area contributed by atoms with E-state index < -0.39 is 29.6 Å². The number of β-amino-alcohol motifs (C(OH)–C–C–N with tert-alkyl or cyclic N) is 1. The maximum atomic E-state index is 14.4. The molecule has 2 amide bonds. The molecule has 0 spiro atoms. The van der Waals surface area contributed by atoms with E-state index in [1.165, 1.54) is 11.0 Å². The van der Waals surface area contributed by atoms with Crippen LogP contribution < -0.4 is 15.5 Å². The zero-order valence-corrected chi connectivity index (χ0v) is 40.3. The number of anilines is 2. The van der Waals surface area contributed by atoms with Gasteiger partial charge in [0.15, 0.2) is 34.5 Å². The lowest BCUT2D eigenvalue weighted by atomic mass is 9.91. The van der Waals surface area contributed by atoms with E-state index in [9.17, 15) is 24.2 Å². The number of phenols is 1. The highest BCUT2D eigenvalue weighted by Gasteiger charge is 2.44. The van der Waals surface area contributed by atoms with Gasteiger partial charge in [0.1, 0.15) is 12.0 Å². The number of para-hydroxylation sites is 1. The molecule has 0 saturated carbocycles. The first-order chi connectivity index (χ1) is 32.9. The Labute approximate surface area is 399 Å². The summed E-state index contributed by atoms with van der Waals surface area (Å²) in [4.78, 5) is 39.9. The molecule has 9 rings (SSSR count). The molecule has 6 aromatic rings. The number of aromatic hydroxyl groups is 1. The second-order valence-corrected chi connectivity index (χ2v) is 20.0. The summed E-state index contributed by atoms with van der Waals surface area (Å²) in [7, 11) is 0. The quantitative estimate of drug-likeness (QED) is 0.0784. The van der Waals surface area contributed by atoms with E-state index in [-0.39, 0.29) is 48.3 Å². The van der Waals surface area contributed by atoms with E-state index in [0.717, 1.165) is 98.6 Å². The molecule has 16 nitrogen and oxygen atoms in total. The number of carbonyl (C=O) groups is 2. The largest absolute Gasteiger partial charge is 0.504 e. The second-order valence-electron chi connectivity index (χ2n) is 19.1. The molecule has 18 heteroatoms. The molecule has 4 aromatic heterocycles. The first-order valence-electron chi connectivity index (χ1n) is 24.1. The van der Waals surface area contributed by atoms with Crippen molar-refractivity contribution in [2.75, 3.05) is 56.0 Å². The maximum absolute atomic E-state index is 14.4. The summed E-state index contributed by atoms with van der Waals surface area (Å²) in [6.07, 6.45) is 4.08. The lowest BCUT2D eigenvalue weighted by Crippen LogP contribution is -2.48. The fourth-order valence-electron chi connectivity index (χ4n) is 10.2. The molecule has 0 radical (unpaired) electrons. The molecule has 4 N–H and O–H groups in total. The van der Waals surface area contributed by atoms with E-state index in [4.69, 9.17) is 9.62 Å². The molecule has 3 fully saturated rings. The number of thiazole rings is 1. The van der Waals surface area contributed by atoms with Gasteiger partial charge in [0.2, 0.25) is 11.8 Å². The molecule has 360 valence electrons. The van der Waals surface area contributed by atoms with Crippen molar-refractivity contribution in [3.63, 3.8) is 0 Å². The van der Waals surface area contributed by atoms with Crippen LogP contribution in [0.1, 0.15) is 101 Å². The van der Waals surface area contributed by atoms with Crippen LogP contribution in [-0.4, -0.2) is 120 Å². The Morgan fingerprint density at radius 3 is 2.47 bits per heavy atom. The Balaban J connectivity index is 0.788. The van der Waals surface area contributed by atoms with Gasteiger partial charge in [0.25, 0.3) is 0 Å². The summed E-state index contributed by atoms with van der Waals surface area (Å²) in [5.41, 5.74) is 6.96. The van der Waals surface area contributed by atoms with Gasteiger partial charge in [0.05, 0.1) is 45.5 Å². The lowest BCUT2D eigenvalue weighted by Gasteiger charge is -2.37. The van der Waals surface area contributed by atoms with Crippen LogP contribution in [-0.2, 0) is 9.59 Å². The smallest absolute Gasteiger partial charge is 0.243 e. The SMILES string of the molecule is CCCNc1nn(C2CCN(CC3CCN(c4cc(C(C(=O)N5C[C@H](O)C[C@H]5C(=O)N[C@@H](C)c5ccc(-c6scnc6C)cc5)C(C)C)on4)CC3)CC2)c2cc(-c3cccc(F)c3O)nnc12. The fourth-order valence-corrected chi connectivity index (χ4v) is 11.0. The number of carbonyl (C=O) groups excluding carboxylic acids is 2. The molecule has 1 unspecified atom stereocenters. The number of piperidine rings is 2. The minimum atomic E-state index is -0.814. The number of phenolic OH excluding ortho intramolecular Hbond substituents is 1. The predicted molar refractivity (Wildman–Crippen MR) is 260 cm³/mol.